The van der Waals surface area contributed by atoms with Gasteiger partial charge in [0.2, 0.25) is 5.91 Å². The molecule has 3 N–H and O–H groups in total. The number of carbonyl (C=O) groups excluding carboxylic acids is 1. The highest BCUT2D eigenvalue weighted by atomic mass is 16.3. The lowest BCUT2D eigenvalue weighted by molar-refractivity contribution is -0.123. The third-order valence-electron chi connectivity index (χ3n) is 12.5. The summed E-state index contributed by atoms with van der Waals surface area (Å²) in [6.07, 6.45) is 86.8. The number of unbranched alkanes of at least 4 members (excludes halogenated alkanes) is 28. The van der Waals surface area contributed by atoms with Gasteiger partial charge in [0.05, 0.1) is 18.8 Å². The van der Waals surface area contributed by atoms with Crippen molar-refractivity contribution in [3.8, 4) is 0 Å². The van der Waals surface area contributed by atoms with Gasteiger partial charge in [-0.2, -0.15) is 0 Å². The molecule has 1 amide bonds. The molecule has 0 saturated carbocycles. The van der Waals surface area contributed by atoms with Crippen LogP contribution < -0.4 is 5.32 Å². The number of hydrogen-bond acceptors (Lipinski definition) is 3. The number of hydrogen-bond donors (Lipinski definition) is 3. The summed E-state index contributed by atoms with van der Waals surface area (Å²) >= 11 is 0. The van der Waals surface area contributed by atoms with Crippen molar-refractivity contribution in [2.24, 2.45) is 0 Å². The molecule has 384 valence electrons. The molecule has 0 fully saturated rings. The normalized spacial score (nSPS) is 13.7. The molecular formula is C63H109NO3. The summed E-state index contributed by atoms with van der Waals surface area (Å²) in [4.78, 5) is 12.5. The van der Waals surface area contributed by atoms with E-state index in [0.29, 0.717) is 6.42 Å². The standard InChI is InChI=1S/C63H109NO3/c1-3-5-7-9-11-13-15-17-19-21-23-25-27-28-29-30-31-32-33-34-35-36-37-39-41-43-45-47-49-51-53-55-57-59-63(67)64-61(60-65)62(66)58-56-54-52-50-48-46-44-42-40-38-26-24-22-20-18-16-14-12-10-8-6-4-2/h5,7,11,13,17,19,23,25,28-29,31-32,40,42,48,50,56,58,61-62,65-66H,3-4,6,8-10,12,14-16,18,20-22,24,26-27,30,33-39,41,43-47,49,51-55,57,59-60H2,1-2H3,(H,64,67)/b7-5-,13-11-,19-17-,25-23-,29-28-,32-31-,42-40+,50-48+,58-56+. The number of allylic oxidation sites excluding steroid dienone is 17. The monoisotopic (exact) mass is 928 g/mol. The van der Waals surface area contributed by atoms with E-state index in [1.165, 1.54) is 167 Å². The van der Waals surface area contributed by atoms with Gasteiger partial charge in [-0.3, -0.25) is 4.79 Å². The molecule has 4 nitrogen and oxygen atoms in total. The summed E-state index contributed by atoms with van der Waals surface area (Å²) in [6.45, 7) is 4.19. The third kappa shape index (κ3) is 53.9. The van der Waals surface area contributed by atoms with Crippen LogP contribution in [-0.4, -0.2) is 34.9 Å². The number of amides is 1. The summed E-state index contributed by atoms with van der Waals surface area (Å²) in [5.74, 6) is -0.0811. The molecule has 2 atom stereocenters. The molecule has 0 saturated heterocycles. The lowest BCUT2D eigenvalue weighted by Crippen LogP contribution is -2.45. The SMILES string of the molecule is CC/C=C\C/C=C\C/C=C\C/C=C\C/C=C\C/C=C\CCCCCCCCCCCCCCCCC(=O)NC(CO)C(O)/C=C/CC/C=C/CC/C=C/CCCCCCCCCCCCCC. The molecule has 4 heteroatoms. The quantitative estimate of drug-likeness (QED) is 0.0420. The van der Waals surface area contributed by atoms with Crippen LogP contribution in [0, 0.1) is 0 Å². The van der Waals surface area contributed by atoms with Gasteiger partial charge in [-0.05, 0) is 96.3 Å². The van der Waals surface area contributed by atoms with E-state index in [4.69, 9.17) is 0 Å². The maximum Gasteiger partial charge on any atom is 0.220 e. The Morgan fingerprint density at radius 2 is 0.672 bits per heavy atom. The minimum atomic E-state index is -0.877. The Balaban J connectivity index is 3.59. The van der Waals surface area contributed by atoms with Crippen molar-refractivity contribution in [1.29, 1.82) is 0 Å². The summed E-state index contributed by atoms with van der Waals surface area (Å²) in [7, 11) is 0. The molecule has 0 aliphatic heterocycles. The Kier molecular flexibility index (Phi) is 54.8. The van der Waals surface area contributed by atoms with Gasteiger partial charge in [-0.1, -0.05) is 271 Å². The Hall–Kier alpha value is -2.95. The molecule has 0 aliphatic rings. The number of rotatable bonds is 51. The Bertz CT molecular complexity index is 1280. The first kappa shape index (κ1) is 64.0. The van der Waals surface area contributed by atoms with E-state index in [1.54, 1.807) is 6.08 Å². The van der Waals surface area contributed by atoms with Crippen molar-refractivity contribution in [3.05, 3.63) is 109 Å². The van der Waals surface area contributed by atoms with E-state index in [9.17, 15) is 15.0 Å². The van der Waals surface area contributed by atoms with Crippen LogP contribution in [0.15, 0.2) is 109 Å². The molecule has 0 heterocycles. The Labute approximate surface area is 416 Å². The summed E-state index contributed by atoms with van der Waals surface area (Å²) < 4.78 is 0. The maximum absolute atomic E-state index is 12.5. The fraction of sp³-hybridized carbons (Fsp3) is 0.698. The van der Waals surface area contributed by atoms with Gasteiger partial charge in [-0.15, -0.1) is 0 Å². The molecule has 2 unspecified atom stereocenters. The van der Waals surface area contributed by atoms with Crippen LogP contribution >= 0.6 is 0 Å². The number of nitrogens with one attached hydrogen (secondary N) is 1. The van der Waals surface area contributed by atoms with E-state index in [1.807, 2.05) is 6.08 Å². The van der Waals surface area contributed by atoms with Crippen molar-refractivity contribution in [1.82, 2.24) is 5.32 Å². The van der Waals surface area contributed by atoms with E-state index >= 15 is 0 Å². The first-order valence-corrected chi connectivity index (χ1v) is 28.6. The number of carbonyl (C=O) groups is 1. The first-order chi connectivity index (χ1) is 33.2. The minimum Gasteiger partial charge on any atom is -0.394 e. The second-order valence-corrected chi connectivity index (χ2v) is 19.0. The van der Waals surface area contributed by atoms with E-state index in [2.05, 4.69) is 116 Å². The lowest BCUT2D eigenvalue weighted by atomic mass is 10.0. The summed E-state index contributed by atoms with van der Waals surface area (Å²) in [6, 6.07) is -0.653. The minimum absolute atomic E-state index is 0.0811. The molecule has 0 aliphatic carbocycles. The zero-order valence-corrected chi connectivity index (χ0v) is 44.1. The van der Waals surface area contributed by atoms with Gasteiger partial charge in [0.25, 0.3) is 0 Å². The predicted octanol–water partition coefficient (Wildman–Crippen LogP) is 19.1. The van der Waals surface area contributed by atoms with Gasteiger partial charge < -0.3 is 15.5 Å². The van der Waals surface area contributed by atoms with Crippen LogP contribution in [0.2, 0.25) is 0 Å². The Morgan fingerprint density at radius 1 is 0.373 bits per heavy atom. The van der Waals surface area contributed by atoms with Gasteiger partial charge >= 0.3 is 0 Å². The highest BCUT2D eigenvalue weighted by molar-refractivity contribution is 5.76. The van der Waals surface area contributed by atoms with Crippen molar-refractivity contribution < 1.29 is 15.0 Å². The van der Waals surface area contributed by atoms with E-state index in [0.717, 1.165) is 77.0 Å². The Morgan fingerprint density at radius 3 is 1.04 bits per heavy atom. The fourth-order valence-corrected chi connectivity index (χ4v) is 8.16. The first-order valence-electron chi connectivity index (χ1n) is 28.6. The summed E-state index contributed by atoms with van der Waals surface area (Å²) in [5.41, 5.74) is 0. The van der Waals surface area contributed by atoms with Crippen LogP contribution in [0.3, 0.4) is 0 Å². The molecule has 0 bridgehead atoms. The number of aliphatic hydroxyl groups is 2. The van der Waals surface area contributed by atoms with Crippen LogP contribution in [0.25, 0.3) is 0 Å². The predicted molar refractivity (Wildman–Crippen MR) is 299 cm³/mol. The summed E-state index contributed by atoms with van der Waals surface area (Å²) in [5, 5.41) is 23.1. The van der Waals surface area contributed by atoms with Crippen molar-refractivity contribution in [3.63, 3.8) is 0 Å². The van der Waals surface area contributed by atoms with Crippen LogP contribution in [-0.2, 0) is 4.79 Å². The average Bonchev–Trinajstić information content (AvgIpc) is 3.33. The second-order valence-electron chi connectivity index (χ2n) is 19.0. The molecule has 0 radical (unpaired) electrons. The molecule has 0 aromatic heterocycles. The second kappa shape index (κ2) is 57.4. The van der Waals surface area contributed by atoms with Crippen LogP contribution in [0.5, 0.6) is 0 Å². The third-order valence-corrected chi connectivity index (χ3v) is 12.5. The van der Waals surface area contributed by atoms with Gasteiger partial charge in [-0.25, -0.2) is 0 Å². The lowest BCUT2D eigenvalue weighted by Gasteiger charge is -2.19. The van der Waals surface area contributed by atoms with Gasteiger partial charge in [0.1, 0.15) is 0 Å². The molecule has 67 heavy (non-hydrogen) atoms. The topological polar surface area (TPSA) is 69.6 Å². The maximum atomic E-state index is 12.5. The largest absolute Gasteiger partial charge is 0.394 e. The number of aliphatic hydroxyl groups excluding tert-OH is 2. The van der Waals surface area contributed by atoms with Crippen molar-refractivity contribution >= 4 is 5.91 Å². The van der Waals surface area contributed by atoms with Gasteiger partial charge in [0.15, 0.2) is 0 Å². The van der Waals surface area contributed by atoms with E-state index < -0.39 is 12.1 Å². The van der Waals surface area contributed by atoms with Crippen LogP contribution in [0.1, 0.15) is 264 Å². The van der Waals surface area contributed by atoms with Crippen LogP contribution in [0.4, 0.5) is 0 Å². The molecule has 0 rings (SSSR count). The highest BCUT2D eigenvalue weighted by Gasteiger charge is 2.17. The highest BCUT2D eigenvalue weighted by Crippen LogP contribution is 2.15. The zero-order chi connectivity index (χ0) is 48.5. The molecule has 0 aromatic carbocycles. The fourth-order valence-electron chi connectivity index (χ4n) is 8.16. The average molecular weight is 929 g/mol. The van der Waals surface area contributed by atoms with Gasteiger partial charge in [0, 0.05) is 6.42 Å². The van der Waals surface area contributed by atoms with E-state index in [-0.39, 0.29) is 12.5 Å². The molecule has 0 spiro atoms. The molecule has 0 aromatic rings. The molecular weight excluding hydrogens is 819 g/mol. The van der Waals surface area contributed by atoms with Crippen molar-refractivity contribution in [2.75, 3.05) is 6.61 Å². The smallest absolute Gasteiger partial charge is 0.220 e. The van der Waals surface area contributed by atoms with Crippen molar-refractivity contribution in [2.45, 2.75) is 276 Å². The zero-order valence-electron chi connectivity index (χ0n) is 44.1.